The van der Waals surface area contributed by atoms with Crippen molar-refractivity contribution < 1.29 is 34.4 Å². The Morgan fingerprint density at radius 2 is 1.80 bits per heavy atom. The van der Waals surface area contributed by atoms with Gasteiger partial charge in [-0.15, -0.1) is 0 Å². The molecule has 0 aromatic heterocycles. The van der Waals surface area contributed by atoms with E-state index in [1.165, 1.54) is 12.2 Å². The number of Topliss-reactive ketones (excluding diaryl/α,β-unsaturated/α-hetero) is 1. The zero-order chi connectivity index (χ0) is 30.2. The van der Waals surface area contributed by atoms with Crippen molar-refractivity contribution in [3.8, 4) is 0 Å². The molecule has 0 amide bonds. The number of ether oxygens (including phenoxy) is 1. The zero-order valence-corrected chi connectivity index (χ0v) is 24.6. The highest BCUT2D eigenvalue weighted by Gasteiger charge is 2.31. The van der Waals surface area contributed by atoms with Gasteiger partial charge in [-0.3, -0.25) is 14.4 Å². The average molecular weight is 555 g/mol. The van der Waals surface area contributed by atoms with Crippen LogP contribution in [0.4, 0.5) is 0 Å². The molecule has 0 aromatic carbocycles. The summed E-state index contributed by atoms with van der Waals surface area (Å²) in [6.45, 7) is 10.6. The number of aliphatic hydroxyl groups is 3. The fourth-order valence-electron chi connectivity index (χ4n) is 4.19. The van der Waals surface area contributed by atoms with E-state index in [-0.39, 0.29) is 24.5 Å². The van der Waals surface area contributed by atoms with Crippen molar-refractivity contribution in [1.82, 2.24) is 0 Å². The van der Waals surface area contributed by atoms with E-state index in [2.05, 4.69) is 0 Å². The second-order valence-electron chi connectivity index (χ2n) is 10.4. The number of hydrogen-bond donors (Lipinski definition) is 3. The topological polar surface area (TPSA) is 121 Å². The molecule has 0 spiro atoms. The number of hydrogen-bond acceptors (Lipinski definition) is 7. The first-order valence-corrected chi connectivity index (χ1v) is 13.8. The highest BCUT2D eigenvalue weighted by atomic mass is 16.5. The summed E-state index contributed by atoms with van der Waals surface area (Å²) in [5.74, 6) is -1.56. The third-order valence-corrected chi connectivity index (χ3v) is 6.91. The van der Waals surface area contributed by atoms with Crippen LogP contribution < -0.4 is 0 Å². The van der Waals surface area contributed by atoms with Crippen LogP contribution in [-0.2, 0) is 19.1 Å². The largest absolute Gasteiger partial charge is 0.461 e. The minimum atomic E-state index is -1.31. The normalized spacial score (nSPS) is 33.5. The molecule has 0 radical (unpaired) electrons. The summed E-state index contributed by atoms with van der Waals surface area (Å²) in [4.78, 5) is 37.3. The van der Waals surface area contributed by atoms with Crippen LogP contribution >= 0.6 is 0 Å². The number of carbonyl (C=O) groups excluding carboxylic acids is 3. The summed E-state index contributed by atoms with van der Waals surface area (Å²) in [5.41, 5.74) is 1.69. The summed E-state index contributed by atoms with van der Waals surface area (Å²) in [6.07, 6.45) is 15.0. The number of ketones is 2. The molecule has 0 aliphatic carbocycles. The van der Waals surface area contributed by atoms with Crippen molar-refractivity contribution in [3.63, 3.8) is 0 Å². The first-order valence-electron chi connectivity index (χ1n) is 13.8. The van der Waals surface area contributed by atoms with Gasteiger partial charge in [-0.25, -0.2) is 0 Å². The molecule has 0 saturated carbocycles. The highest BCUT2D eigenvalue weighted by molar-refractivity contribution is 5.99. The van der Waals surface area contributed by atoms with Gasteiger partial charge in [-0.1, -0.05) is 68.0 Å². The van der Waals surface area contributed by atoms with Crippen LogP contribution in [-0.4, -0.2) is 57.3 Å². The van der Waals surface area contributed by atoms with Crippen molar-refractivity contribution in [2.75, 3.05) is 0 Å². The Morgan fingerprint density at radius 3 is 2.48 bits per heavy atom. The monoisotopic (exact) mass is 554 g/mol. The second-order valence-corrected chi connectivity index (χ2v) is 10.4. The maximum atomic E-state index is 12.8. The van der Waals surface area contributed by atoms with Crippen LogP contribution in [0.15, 0.2) is 83.6 Å². The Bertz CT molecular complexity index is 1070. The first kappa shape index (κ1) is 34.9. The molecule has 0 bridgehead atoms. The van der Waals surface area contributed by atoms with Crippen molar-refractivity contribution >= 4 is 17.5 Å². The van der Waals surface area contributed by atoms with E-state index in [0.717, 1.165) is 5.57 Å². The lowest BCUT2D eigenvalue weighted by atomic mass is 9.85. The molecule has 1 aliphatic heterocycles. The third kappa shape index (κ3) is 12.8. The molecule has 40 heavy (non-hydrogen) atoms. The van der Waals surface area contributed by atoms with Gasteiger partial charge >= 0.3 is 5.97 Å². The van der Waals surface area contributed by atoms with E-state index in [4.69, 9.17) is 4.74 Å². The molecule has 0 aromatic rings. The second kappa shape index (κ2) is 18.3. The molecule has 3 N–H and O–H groups in total. The van der Waals surface area contributed by atoms with Crippen LogP contribution in [0.3, 0.4) is 0 Å². The lowest BCUT2D eigenvalue weighted by Crippen LogP contribution is -2.38. The summed E-state index contributed by atoms with van der Waals surface area (Å²) in [5, 5.41) is 31.6. The summed E-state index contributed by atoms with van der Waals surface area (Å²) in [6, 6.07) is 0. The fourth-order valence-corrected chi connectivity index (χ4v) is 4.19. The maximum Gasteiger partial charge on any atom is 0.309 e. The van der Waals surface area contributed by atoms with Gasteiger partial charge in [0.25, 0.3) is 0 Å². The predicted molar refractivity (Wildman–Crippen MR) is 158 cm³/mol. The predicted octanol–water partition coefficient (Wildman–Crippen LogP) is 5.05. The first-order chi connectivity index (χ1) is 18.9. The van der Waals surface area contributed by atoms with E-state index >= 15 is 0 Å². The lowest BCUT2D eigenvalue weighted by molar-refractivity contribution is -0.156. The Hall–Kier alpha value is -3.13. The van der Waals surface area contributed by atoms with Gasteiger partial charge in [0.2, 0.25) is 0 Å². The van der Waals surface area contributed by atoms with E-state index < -0.39 is 42.1 Å². The van der Waals surface area contributed by atoms with Crippen LogP contribution in [0.1, 0.15) is 67.2 Å². The molecular formula is C33H46O7. The average Bonchev–Trinajstić information content (AvgIpc) is 2.91. The molecule has 220 valence electrons. The Labute approximate surface area is 239 Å². The number of aliphatic hydroxyl groups excluding tert-OH is 3. The third-order valence-electron chi connectivity index (χ3n) is 6.91. The van der Waals surface area contributed by atoms with E-state index in [9.17, 15) is 29.7 Å². The molecule has 7 heteroatoms. The highest BCUT2D eigenvalue weighted by Crippen LogP contribution is 2.26. The fraction of sp³-hybridized carbons (Fsp3) is 0.485. The molecule has 0 saturated heterocycles. The van der Waals surface area contributed by atoms with Gasteiger partial charge in [-0.05, 0) is 75.8 Å². The van der Waals surface area contributed by atoms with E-state index in [1.54, 1.807) is 89.3 Å². The molecule has 1 rings (SSSR count). The van der Waals surface area contributed by atoms with Crippen LogP contribution in [0.25, 0.3) is 0 Å². The Balaban J connectivity index is 3.28. The summed E-state index contributed by atoms with van der Waals surface area (Å²) < 4.78 is 5.84. The van der Waals surface area contributed by atoms with Gasteiger partial charge in [0.15, 0.2) is 11.6 Å². The molecule has 6 atom stereocenters. The number of allylic oxidation sites excluding steroid dienone is 8. The minimum Gasteiger partial charge on any atom is -0.461 e. The molecule has 0 unspecified atom stereocenters. The zero-order valence-electron chi connectivity index (χ0n) is 24.6. The van der Waals surface area contributed by atoms with Crippen molar-refractivity contribution in [2.45, 2.75) is 91.6 Å². The molecule has 1 heterocycles. The van der Waals surface area contributed by atoms with Crippen LogP contribution in [0.2, 0.25) is 0 Å². The van der Waals surface area contributed by atoms with Gasteiger partial charge in [0, 0.05) is 12.3 Å². The van der Waals surface area contributed by atoms with Gasteiger partial charge in [-0.2, -0.15) is 0 Å². The van der Waals surface area contributed by atoms with E-state index in [1.807, 2.05) is 6.92 Å². The van der Waals surface area contributed by atoms with Crippen molar-refractivity contribution in [2.24, 2.45) is 11.8 Å². The summed E-state index contributed by atoms with van der Waals surface area (Å²) >= 11 is 0. The smallest absolute Gasteiger partial charge is 0.309 e. The Kier molecular flexibility index (Phi) is 15.9. The van der Waals surface area contributed by atoms with E-state index in [0.29, 0.717) is 24.0 Å². The van der Waals surface area contributed by atoms with Crippen LogP contribution in [0.5, 0.6) is 0 Å². The number of cyclic esters (lactones) is 1. The minimum absolute atomic E-state index is 0.0147. The van der Waals surface area contributed by atoms with Gasteiger partial charge < -0.3 is 20.1 Å². The Morgan fingerprint density at radius 1 is 1.10 bits per heavy atom. The summed E-state index contributed by atoms with van der Waals surface area (Å²) in [7, 11) is 0. The molecule has 0 fully saturated rings. The standard InChI is InChI=1S/C33H46O7/c1-7-12-27(34)19-17-25(5)33-26(6)28(35)15-9-8-10-16-29(36)32(39)24(4)14-11-13-22(2)21-30(37)23(3)18-20-31(38)40-33/h7-14,16,18,21,25-26,28-30,33,35-37H,15,17,19-20H2,1-6H3/b9-8+,12-7+,13-11+,16-10+,22-21+,23-18+,24-14+/t25-,26+,28+,29+,30-,33-/m1/s1. The van der Waals surface area contributed by atoms with Gasteiger partial charge in [0.1, 0.15) is 12.2 Å². The van der Waals surface area contributed by atoms with Crippen molar-refractivity contribution in [3.05, 3.63) is 83.6 Å². The number of rotatable bonds is 5. The molecule has 1 aliphatic rings. The number of carbonyl (C=O) groups is 3. The SMILES string of the molecule is C/C=C/C(=O)CC[C@@H](C)[C@H]1OC(=O)C/C=C(\C)[C@H](O)/C=C(C)/C=C/C=C(\C)C(=O)[C@@H](O)/C=C/C=C/C[C@H](O)[C@@H]1C. The number of esters is 1. The van der Waals surface area contributed by atoms with Crippen LogP contribution in [0, 0.1) is 11.8 Å². The maximum absolute atomic E-state index is 12.8. The molecular weight excluding hydrogens is 508 g/mol. The van der Waals surface area contributed by atoms with Gasteiger partial charge in [0.05, 0.1) is 18.6 Å². The quantitative estimate of drug-likeness (QED) is 0.247. The lowest BCUT2D eigenvalue weighted by Gasteiger charge is -2.32. The molecule has 7 nitrogen and oxygen atoms in total. The van der Waals surface area contributed by atoms with Crippen molar-refractivity contribution in [1.29, 1.82) is 0 Å².